The summed E-state index contributed by atoms with van der Waals surface area (Å²) >= 11 is 1.27. The summed E-state index contributed by atoms with van der Waals surface area (Å²) in [5.41, 5.74) is 7.49. The Morgan fingerprint density at radius 2 is 2.00 bits per heavy atom. The van der Waals surface area contributed by atoms with Crippen LogP contribution in [0.2, 0.25) is 0 Å². The molecule has 0 aliphatic carbocycles. The summed E-state index contributed by atoms with van der Waals surface area (Å²) in [6.45, 7) is 0.314. The third-order valence-corrected chi connectivity index (χ3v) is 4.14. The first-order valence-electron chi connectivity index (χ1n) is 6.28. The lowest BCUT2D eigenvalue weighted by molar-refractivity contribution is -0.387. The second-order valence-electron chi connectivity index (χ2n) is 4.32. The number of nitrogens with zero attached hydrogens (tertiary/aromatic N) is 3. The molecule has 3 aromatic rings. The third-order valence-electron chi connectivity index (χ3n) is 3.05. The molecule has 0 unspecified atom stereocenters. The van der Waals surface area contributed by atoms with E-state index in [1.165, 1.54) is 17.8 Å². The van der Waals surface area contributed by atoms with E-state index in [0.717, 1.165) is 11.3 Å². The molecule has 3 rings (SSSR count). The number of hydrogen-bond donors (Lipinski definition) is 1. The summed E-state index contributed by atoms with van der Waals surface area (Å²) in [5.74, 6) is 0. The summed E-state index contributed by atoms with van der Waals surface area (Å²) in [6.07, 6.45) is 1.88. The first-order valence-corrected chi connectivity index (χ1v) is 7.09. The largest absolute Gasteiger partial charge is 0.325 e. The van der Waals surface area contributed by atoms with Gasteiger partial charge in [0, 0.05) is 18.8 Å². The van der Waals surface area contributed by atoms with Crippen LogP contribution in [0, 0.1) is 10.1 Å². The van der Waals surface area contributed by atoms with Gasteiger partial charge in [0.25, 0.3) is 5.69 Å². The Morgan fingerprint density at radius 1 is 1.24 bits per heavy atom. The van der Waals surface area contributed by atoms with E-state index >= 15 is 0 Å². The summed E-state index contributed by atoms with van der Waals surface area (Å²) < 4.78 is 1.90. The zero-order chi connectivity index (χ0) is 14.8. The molecule has 106 valence electrons. The molecule has 2 N–H and O–H groups in total. The van der Waals surface area contributed by atoms with Crippen LogP contribution >= 0.6 is 11.8 Å². The van der Waals surface area contributed by atoms with E-state index < -0.39 is 0 Å². The predicted molar refractivity (Wildman–Crippen MR) is 80.3 cm³/mol. The Hall–Kier alpha value is -2.38. The molecule has 0 aliphatic heterocycles. The van der Waals surface area contributed by atoms with Crippen LogP contribution in [0.25, 0.3) is 5.65 Å². The summed E-state index contributed by atoms with van der Waals surface area (Å²) in [4.78, 5) is 15.8. The first kappa shape index (κ1) is 13.6. The van der Waals surface area contributed by atoms with Crippen LogP contribution in [0.3, 0.4) is 0 Å². The van der Waals surface area contributed by atoms with Gasteiger partial charge in [-0.15, -0.1) is 0 Å². The molecule has 6 nitrogen and oxygen atoms in total. The van der Waals surface area contributed by atoms with E-state index in [0.29, 0.717) is 16.5 Å². The lowest BCUT2D eigenvalue weighted by atomic mass is 10.3. The van der Waals surface area contributed by atoms with Crippen LogP contribution in [-0.2, 0) is 6.54 Å². The number of fused-ring (bicyclic) bond motifs is 1. The van der Waals surface area contributed by atoms with Crippen molar-refractivity contribution in [3.8, 4) is 0 Å². The molecule has 0 radical (unpaired) electrons. The Bertz CT molecular complexity index is 816. The SMILES string of the molecule is NCc1c(Sc2ccccc2[N+](=O)[O-])nc2ccccn12. The maximum atomic E-state index is 11.1. The number of nitrogens with two attached hydrogens (primary N) is 1. The van der Waals surface area contributed by atoms with Crippen molar-refractivity contribution in [3.63, 3.8) is 0 Å². The van der Waals surface area contributed by atoms with E-state index in [1.54, 1.807) is 18.2 Å². The molecule has 7 heteroatoms. The lowest BCUT2D eigenvalue weighted by Crippen LogP contribution is -2.02. The highest BCUT2D eigenvalue weighted by Crippen LogP contribution is 2.35. The number of nitro benzene ring substituents is 1. The Labute approximate surface area is 124 Å². The van der Waals surface area contributed by atoms with Gasteiger partial charge in [0.15, 0.2) is 0 Å². The zero-order valence-electron chi connectivity index (χ0n) is 11.0. The molecule has 0 saturated heterocycles. The van der Waals surface area contributed by atoms with Crippen molar-refractivity contribution < 1.29 is 4.92 Å². The minimum atomic E-state index is -0.389. The van der Waals surface area contributed by atoms with Crippen molar-refractivity contribution in [2.24, 2.45) is 5.73 Å². The Balaban J connectivity index is 2.08. The minimum absolute atomic E-state index is 0.0718. The van der Waals surface area contributed by atoms with Gasteiger partial charge in [-0.3, -0.25) is 10.1 Å². The van der Waals surface area contributed by atoms with Gasteiger partial charge in [-0.1, -0.05) is 30.0 Å². The van der Waals surface area contributed by atoms with Crippen molar-refractivity contribution >= 4 is 23.1 Å². The maximum Gasteiger partial charge on any atom is 0.283 e. The van der Waals surface area contributed by atoms with Gasteiger partial charge in [0.2, 0.25) is 0 Å². The molecule has 0 amide bonds. The second-order valence-corrected chi connectivity index (χ2v) is 5.35. The second kappa shape index (κ2) is 5.55. The molecule has 0 saturated carbocycles. The van der Waals surface area contributed by atoms with Crippen molar-refractivity contribution in [1.82, 2.24) is 9.38 Å². The molecular weight excluding hydrogens is 288 g/mol. The fourth-order valence-corrected chi connectivity index (χ4v) is 3.13. The van der Waals surface area contributed by atoms with Gasteiger partial charge >= 0.3 is 0 Å². The van der Waals surface area contributed by atoms with Crippen LogP contribution in [-0.4, -0.2) is 14.3 Å². The Morgan fingerprint density at radius 3 is 2.76 bits per heavy atom. The van der Waals surface area contributed by atoms with Crippen molar-refractivity contribution in [2.75, 3.05) is 0 Å². The fraction of sp³-hybridized carbons (Fsp3) is 0.0714. The molecule has 0 fully saturated rings. The summed E-state index contributed by atoms with van der Waals surface area (Å²) in [5, 5.41) is 11.8. The normalized spacial score (nSPS) is 10.9. The van der Waals surface area contributed by atoms with Crippen LogP contribution < -0.4 is 5.73 Å². The number of para-hydroxylation sites is 1. The number of nitro groups is 1. The molecule has 1 aromatic carbocycles. The standard InChI is InChI=1S/C14H12N4O2S/c15-9-11-14(16-13-7-3-4-8-17(11)13)21-12-6-2-1-5-10(12)18(19)20/h1-8H,9,15H2. The monoisotopic (exact) mass is 300 g/mol. The van der Waals surface area contributed by atoms with Crippen molar-refractivity contribution in [1.29, 1.82) is 0 Å². The molecule has 0 atom stereocenters. The quantitative estimate of drug-likeness (QED) is 0.591. The Kier molecular flexibility index (Phi) is 3.59. The van der Waals surface area contributed by atoms with Crippen LogP contribution in [0.4, 0.5) is 5.69 Å². The van der Waals surface area contributed by atoms with Crippen LogP contribution in [0.1, 0.15) is 5.69 Å². The van der Waals surface area contributed by atoms with Gasteiger partial charge in [-0.05, 0) is 18.2 Å². The molecular formula is C14H12N4O2S. The molecule has 21 heavy (non-hydrogen) atoms. The van der Waals surface area contributed by atoms with Crippen molar-refractivity contribution in [3.05, 3.63) is 64.5 Å². The zero-order valence-corrected chi connectivity index (χ0v) is 11.8. The first-order chi connectivity index (χ1) is 10.2. The van der Waals surface area contributed by atoms with Gasteiger partial charge < -0.3 is 10.1 Å². The molecule has 2 aromatic heterocycles. The third kappa shape index (κ3) is 2.48. The van der Waals surface area contributed by atoms with E-state index in [-0.39, 0.29) is 10.6 Å². The number of benzene rings is 1. The van der Waals surface area contributed by atoms with E-state index in [1.807, 2.05) is 28.8 Å². The predicted octanol–water partition coefficient (Wildman–Crippen LogP) is 2.85. The lowest BCUT2D eigenvalue weighted by Gasteiger charge is -2.03. The highest BCUT2D eigenvalue weighted by atomic mass is 32.2. The van der Waals surface area contributed by atoms with Crippen LogP contribution in [0.15, 0.2) is 58.6 Å². The highest BCUT2D eigenvalue weighted by molar-refractivity contribution is 7.99. The van der Waals surface area contributed by atoms with Gasteiger partial charge in [-0.25, -0.2) is 4.98 Å². The minimum Gasteiger partial charge on any atom is -0.325 e. The van der Waals surface area contributed by atoms with Gasteiger partial charge in [0.05, 0.1) is 15.5 Å². The number of hydrogen-bond acceptors (Lipinski definition) is 5. The summed E-state index contributed by atoms with van der Waals surface area (Å²) in [6, 6.07) is 12.3. The van der Waals surface area contributed by atoms with E-state index in [2.05, 4.69) is 4.98 Å². The fourth-order valence-electron chi connectivity index (χ4n) is 2.09. The summed E-state index contributed by atoms with van der Waals surface area (Å²) in [7, 11) is 0. The molecule has 0 spiro atoms. The molecule has 0 bridgehead atoms. The van der Waals surface area contributed by atoms with Gasteiger partial charge in [0.1, 0.15) is 10.7 Å². The number of imidazole rings is 1. The maximum absolute atomic E-state index is 11.1. The van der Waals surface area contributed by atoms with E-state index in [9.17, 15) is 10.1 Å². The number of pyridine rings is 1. The number of rotatable bonds is 4. The molecule has 0 aliphatic rings. The van der Waals surface area contributed by atoms with Crippen molar-refractivity contribution in [2.45, 2.75) is 16.5 Å². The van der Waals surface area contributed by atoms with Crippen LogP contribution in [0.5, 0.6) is 0 Å². The number of aromatic nitrogens is 2. The topological polar surface area (TPSA) is 86.5 Å². The molecule has 2 heterocycles. The smallest absolute Gasteiger partial charge is 0.283 e. The van der Waals surface area contributed by atoms with Gasteiger partial charge in [-0.2, -0.15) is 0 Å². The highest BCUT2D eigenvalue weighted by Gasteiger charge is 2.18. The average molecular weight is 300 g/mol. The van der Waals surface area contributed by atoms with E-state index in [4.69, 9.17) is 5.73 Å². The average Bonchev–Trinajstić information content (AvgIpc) is 2.84.